The fraction of sp³-hybridized carbons (Fsp3) is 0.350. The average Bonchev–Trinajstić information content (AvgIpc) is 3.09. The Labute approximate surface area is 156 Å². The van der Waals surface area contributed by atoms with Gasteiger partial charge in [0.25, 0.3) is 0 Å². The lowest BCUT2D eigenvalue weighted by molar-refractivity contribution is -0.122. The van der Waals surface area contributed by atoms with E-state index in [4.69, 9.17) is 0 Å². The number of hydrogen-bond acceptors (Lipinski definition) is 5. The first-order valence-corrected chi connectivity index (χ1v) is 9.77. The van der Waals surface area contributed by atoms with E-state index in [1.807, 2.05) is 49.1 Å². The first-order chi connectivity index (χ1) is 12.5. The summed E-state index contributed by atoms with van der Waals surface area (Å²) in [7, 11) is 0. The lowest BCUT2D eigenvalue weighted by atomic mass is 9.84. The van der Waals surface area contributed by atoms with Gasteiger partial charge in [0.1, 0.15) is 5.82 Å². The monoisotopic (exact) mass is 364 g/mol. The maximum Gasteiger partial charge on any atom is 0.238 e. The van der Waals surface area contributed by atoms with Gasteiger partial charge in [-0.2, -0.15) is 0 Å². The molecule has 5 rings (SSSR count). The highest BCUT2D eigenvalue weighted by Gasteiger charge is 2.50. The van der Waals surface area contributed by atoms with Crippen LogP contribution in [-0.4, -0.2) is 28.0 Å². The Bertz CT molecular complexity index is 973. The van der Waals surface area contributed by atoms with Crippen molar-refractivity contribution in [1.82, 2.24) is 9.97 Å². The van der Waals surface area contributed by atoms with Crippen molar-refractivity contribution in [1.29, 1.82) is 0 Å². The Balaban J connectivity index is 1.32. The van der Waals surface area contributed by atoms with Crippen LogP contribution in [0.1, 0.15) is 32.3 Å². The van der Waals surface area contributed by atoms with Crippen LogP contribution in [0.4, 0.5) is 10.9 Å². The van der Waals surface area contributed by atoms with E-state index in [1.54, 1.807) is 17.5 Å². The first-order valence-electron chi connectivity index (χ1n) is 8.95. The summed E-state index contributed by atoms with van der Waals surface area (Å²) in [6, 6.07) is 12.7. The molecule has 1 saturated carbocycles. The Kier molecular flexibility index (Phi) is 3.34. The minimum absolute atomic E-state index is 0.162. The number of nitrogens with one attached hydrogen (secondary N) is 1. The molecule has 2 aliphatic rings. The van der Waals surface area contributed by atoms with Crippen molar-refractivity contribution < 1.29 is 4.79 Å². The second-order valence-corrected chi connectivity index (χ2v) is 8.66. The van der Waals surface area contributed by atoms with Crippen LogP contribution < -0.4 is 10.2 Å². The molecular formula is C20H20N4OS. The van der Waals surface area contributed by atoms with E-state index in [2.05, 4.69) is 21.4 Å². The topological polar surface area (TPSA) is 58.1 Å². The van der Waals surface area contributed by atoms with Gasteiger partial charge in [-0.05, 0) is 44.9 Å². The van der Waals surface area contributed by atoms with E-state index in [-0.39, 0.29) is 11.9 Å². The number of hydrogen-bond donors (Lipinski definition) is 1. The van der Waals surface area contributed by atoms with E-state index >= 15 is 0 Å². The molecule has 0 spiro atoms. The highest BCUT2D eigenvalue weighted by atomic mass is 32.1. The quantitative estimate of drug-likeness (QED) is 0.764. The third kappa shape index (κ3) is 2.25. The van der Waals surface area contributed by atoms with Crippen LogP contribution in [0.3, 0.4) is 0 Å². The van der Waals surface area contributed by atoms with E-state index < -0.39 is 5.41 Å². The largest absolute Gasteiger partial charge is 0.359 e. The van der Waals surface area contributed by atoms with Gasteiger partial charge in [0.05, 0.1) is 15.6 Å². The maximum atomic E-state index is 13.0. The summed E-state index contributed by atoms with van der Waals surface area (Å²) in [5.74, 6) is 1.00. The number of pyridine rings is 1. The van der Waals surface area contributed by atoms with Crippen molar-refractivity contribution >= 4 is 38.4 Å². The van der Waals surface area contributed by atoms with Crippen LogP contribution in [0.15, 0.2) is 42.6 Å². The highest BCUT2D eigenvalue weighted by Crippen LogP contribution is 2.44. The number of benzene rings is 1. The van der Waals surface area contributed by atoms with Crippen LogP contribution in [0.5, 0.6) is 0 Å². The molecule has 0 radical (unpaired) electrons. The third-order valence-electron chi connectivity index (χ3n) is 5.54. The van der Waals surface area contributed by atoms with Gasteiger partial charge in [0, 0.05) is 23.8 Å². The molecule has 1 aromatic carbocycles. The molecule has 3 heterocycles. The smallest absolute Gasteiger partial charge is 0.238 e. The summed E-state index contributed by atoms with van der Waals surface area (Å²) in [6.07, 6.45) is 3.62. The van der Waals surface area contributed by atoms with E-state index in [9.17, 15) is 4.79 Å². The van der Waals surface area contributed by atoms with Gasteiger partial charge in [0.2, 0.25) is 5.91 Å². The maximum absolute atomic E-state index is 13.0. The number of amides is 1. The number of thiazole rings is 1. The SMILES string of the molecule is CC1(C)C(=O)N([C@H]2C[C@@H](Nc3nc4ccccc4s3)C2)c2ncccc21. The van der Waals surface area contributed by atoms with Gasteiger partial charge in [-0.25, -0.2) is 9.97 Å². The lowest BCUT2D eigenvalue weighted by Gasteiger charge is -2.41. The standard InChI is InChI=1S/C20H20N4OS/c1-20(2)14-6-5-9-21-17(14)24(18(20)25)13-10-12(11-13)22-19-23-15-7-3-4-8-16(15)26-19/h3-9,12-13H,10-11H2,1-2H3,(H,22,23)/t12-,13+. The molecule has 0 saturated heterocycles. The van der Waals surface area contributed by atoms with Crippen molar-refractivity contribution in [2.45, 2.75) is 44.2 Å². The molecule has 6 heteroatoms. The molecule has 0 unspecified atom stereocenters. The summed E-state index contributed by atoms with van der Waals surface area (Å²) in [6.45, 7) is 3.98. The minimum Gasteiger partial charge on any atom is -0.359 e. The number of carbonyl (C=O) groups excluding carboxylic acids is 1. The number of anilines is 2. The van der Waals surface area contributed by atoms with Gasteiger partial charge in [-0.3, -0.25) is 9.69 Å². The molecule has 2 aromatic heterocycles. The van der Waals surface area contributed by atoms with Gasteiger partial charge in [-0.15, -0.1) is 0 Å². The van der Waals surface area contributed by atoms with E-state index in [0.29, 0.717) is 6.04 Å². The first kappa shape index (κ1) is 15.8. The third-order valence-corrected chi connectivity index (χ3v) is 6.51. The number of fused-ring (bicyclic) bond motifs is 2. The van der Waals surface area contributed by atoms with Crippen molar-refractivity contribution in [2.75, 3.05) is 10.2 Å². The average molecular weight is 364 g/mol. The molecule has 1 N–H and O–H groups in total. The molecule has 1 aliphatic carbocycles. The van der Waals surface area contributed by atoms with Crippen LogP contribution in [-0.2, 0) is 10.2 Å². The van der Waals surface area contributed by atoms with Crippen molar-refractivity contribution in [3.05, 3.63) is 48.2 Å². The fourth-order valence-corrected chi connectivity index (χ4v) is 4.90. The van der Waals surface area contributed by atoms with Gasteiger partial charge >= 0.3 is 0 Å². The molecule has 1 fully saturated rings. The Morgan fingerprint density at radius 2 is 2.00 bits per heavy atom. The molecule has 26 heavy (non-hydrogen) atoms. The van der Waals surface area contributed by atoms with Crippen molar-refractivity contribution in [2.24, 2.45) is 0 Å². The summed E-state index contributed by atoms with van der Waals surface area (Å²) in [5, 5.41) is 4.49. The number of carbonyl (C=O) groups is 1. The molecule has 5 nitrogen and oxygen atoms in total. The predicted molar refractivity (Wildman–Crippen MR) is 105 cm³/mol. The number of para-hydroxylation sites is 1. The van der Waals surface area contributed by atoms with Gasteiger partial charge in [0.15, 0.2) is 5.13 Å². The van der Waals surface area contributed by atoms with E-state index in [1.165, 1.54) is 4.70 Å². The summed E-state index contributed by atoms with van der Waals surface area (Å²) in [4.78, 5) is 24.0. The minimum atomic E-state index is -0.491. The van der Waals surface area contributed by atoms with Gasteiger partial charge < -0.3 is 5.32 Å². The van der Waals surface area contributed by atoms with Crippen molar-refractivity contribution in [3.8, 4) is 0 Å². The molecular weight excluding hydrogens is 344 g/mol. The fourth-order valence-electron chi connectivity index (χ4n) is 3.95. The highest BCUT2D eigenvalue weighted by molar-refractivity contribution is 7.22. The second kappa shape index (κ2) is 5.51. The number of nitrogens with zero attached hydrogens (tertiary/aromatic N) is 3. The van der Waals surface area contributed by atoms with Crippen molar-refractivity contribution in [3.63, 3.8) is 0 Å². The molecule has 3 aromatic rings. The molecule has 0 bridgehead atoms. The van der Waals surface area contributed by atoms with Crippen LogP contribution >= 0.6 is 11.3 Å². The van der Waals surface area contributed by atoms with Gasteiger partial charge in [-0.1, -0.05) is 29.5 Å². The Hall–Kier alpha value is -2.47. The van der Waals surface area contributed by atoms with Crippen LogP contribution in [0, 0.1) is 0 Å². The molecule has 1 aliphatic heterocycles. The zero-order chi connectivity index (χ0) is 17.9. The van der Waals surface area contributed by atoms with E-state index in [0.717, 1.165) is 34.9 Å². The molecule has 0 atom stereocenters. The molecule has 1 amide bonds. The second-order valence-electron chi connectivity index (χ2n) is 7.63. The summed E-state index contributed by atoms with van der Waals surface area (Å²) < 4.78 is 1.19. The zero-order valence-corrected chi connectivity index (χ0v) is 15.6. The summed E-state index contributed by atoms with van der Waals surface area (Å²) >= 11 is 1.68. The number of aromatic nitrogens is 2. The Morgan fingerprint density at radius 1 is 1.19 bits per heavy atom. The summed E-state index contributed by atoms with van der Waals surface area (Å²) in [5.41, 5.74) is 1.58. The Morgan fingerprint density at radius 3 is 2.81 bits per heavy atom. The van der Waals surface area contributed by atoms with Crippen LogP contribution in [0.25, 0.3) is 10.2 Å². The van der Waals surface area contributed by atoms with Crippen LogP contribution in [0.2, 0.25) is 0 Å². The number of rotatable bonds is 3. The normalized spacial score (nSPS) is 23.8. The predicted octanol–water partition coefficient (Wildman–Crippen LogP) is 3.96. The molecule has 132 valence electrons. The lowest BCUT2D eigenvalue weighted by Crippen LogP contribution is -2.53. The zero-order valence-electron chi connectivity index (χ0n) is 14.8.